The van der Waals surface area contributed by atoms with Gasteiger partial charge in [0.2, 0.25) is 5.71 Å². The van der Waals surface area contributed by atoms with E-state index in [0.717, 1.165) is 5.56 Å². The third-order valence-corrected chi connectivity index (χ3v) is 4.59. The lowest BCUT2D eigenvalue weighted by Gasteiger charge is -2.07. The first-order valence-electron chi connectivity index (χ1n) is 8.71. The zero-order valence-corrected chi connectivity index (χ0v) is 15.8. The third-order valence-electron chi connectivity index (χ3n) is 4.36. The molecule has 0 amide bonds. The van der Waals surface area contributed by atoms with E-state index < -0.39 is 4.90 Å². The predicted molar refractivity (Wildman–Crippen MR) is 112 cm³/mol. The zero-order chi connectivity index (χ0) is 20.4. The van der Waals surface area contributed by atoms with Crippen molar-refractivity contribution in [3.05, 3.63) is 99.1 Å². The average Bonchev–Trinajstić information content (AvgIpc) is 3.02. The predicted octanol–water partition coefficient (Wildman–Crippen LogP) is 5.33. The van der Waals surface area contributed by atoms with E-state index in [0.29, 0.717) is 33.9 Å². The molecule has 0 aliphatic heterocycles. The van der Waals surface area contributed by atoms with E-state index >= 15 is 0 Å². The van der Waals surface area contributed by atoms with Gasteiger partial charge in [0.25, 0.3) is 0 Å². The number of nitrogens with zero attached hydrogens (tertiary/aromatic N) is 1. The summed E-state index contributed by atoms with van der Waals surface area (Å²) in [5.74, 6) is 0.855. The van der Waals surface area contributed by atoms with Gasteiger partial charge in [-0.2, -0.15) is 4.90 Å². The van der Waals surface area contributed by atoms with Crippen molar-refractivity contribution >= 4 is 34.4 Å². The molecule has 6 nitrogen and oxygen atoms in total. The molecule has 1 heterocycles. The summed E-state index contributed by atoms with van der Waals surface area (Å²) in [4.78, 5) is -0.465. The number of halogens is 1. The molecule has 0 spiro atoms. The molecule has 1 aromatic heterocycles. The van der Waals surface area contributed by atoms with Crippen molar-refractivity contribution in [1.82, 2.24) is 0 Å². The summed E-state index contributed by atoms with van der Waals surface area (Å²) < 4.78 is 11.5. The summed E-state index contributed by atoms with van der Waals surface area (Å²) in [5, 5.41) is 33.1. The SMILES string of the molecule is [O-][N+]([O-])=C1C=CC(=Cc2oc3cc(OCc4cccc(Cl)c4)ccc3c2O)C=C1. The second-order valence-electron chi connectivity index (χ2n) is 6.38. The van der Waals surface area contributed by atoms with Crippen molar-refractivity contribution in [3.8, 4) is 11.5 Å². The fraction of sp³-hybridized carbons (Fsp3) is 0.0455. The summed E-state index contributed by atoms with van der Waals surface area (Å²) in [5.41, 5.74) is 2.08. The maximum atomic E-state index is 10.8. The van der Waals surface area contributed by atoms with Crippen LogP contribution in [-0.2, 0) is 6.61 Å². The van der Waals surface area contributed by atoms with Gasteiger partial charge >= 0.3 is 0 Å². The number of furan rings is 1. The van der Waals surface area contributed by atoms with Gasteiger partial charge in [0, 0.05) is 23.2 Å². The minimum Gasteiger partial charge on any atom is -0.612 e. The fourth-order valence-electron chi connectivity index (χ4n) is 2.91. The Labute approximate surface area is 171 Å². The number of benzene rings is 2. The zero-order valence-electron chi connectivity index (χ0n) is 15.0. The van der Waals surface area contributed by atoms with Crippen LogP contribution >= 0.6 is 11.6 Å². The number of hydrogen-bond acceptors (Lipinski definition) is 5. The van der Waals surface area contributed by atoms with E-state index in [2.05, 4.69) is 0 Å². The highest BCUT2D eigenvalue weighted by molar-refractivity contribution is 6.30. The molecular formula is C22H15ClNO5-. The molecule has 7 heteroatoms. The highest BCUT2D eigenvalue weighted by Crippen LogP contribution is 2.36. The summed E-state index contributed by atoms with van der Waals surface area (Å²) >= 11 is 5.98. The molecule has 4 rings (SSSR count). The van der Waals surface area contributed by atoms with Gasteiger partial charge in [-0.1, -0.05) is 23.7 Å². The van der Waals surface area contributed by atoms with E-state index in [1.807, 2.05) is 18.2 Å². The molecule has 29 heavy (non-hydrogen) atoms. The number of fused-ring (bicyclic) bond motifs is 1. The Morgan fingerprint density at radius 2 is 1.86 bits per heavy atom. The first kappa shape index (κ1) is 18.7. The molecule has 0 fully saturated rings. The van der Waals surface area contributed by atoms with Gasteiger partial charge in [-0.15, -0.1) is 0 Å². The Bertz CT molecular complexity index is 1180. The molecule has 146 valence electrons. The number of ether oxygens (including phenoxy) is 1. The number of allylic oxidation sites excluding steroid dienone is 5. The van der Waals surface area contributed by atoms with Crippen LogP contribution in [0.15, 0.2) is 76.8 Å². The number of hydrogen-bond donors (Lipinski definition) is 1. The van der Waals surface area contributed by atoms with E-state index in [9.17, 15) is 15.5 Å². The molecule has 0 atom stereocenters. The topological polar surface area (TPSA) is 91.7 Å². The van der Waals surface area contributed by atoms with Crippen LogP contribution in [0, 0.1) is 10.4 Å². The minimum absolute atomic E-state index is 0.000237. The smallest absolute Gasteiger partial charge is 0.222 e. The van der Waals surface area contributed by atoms with Crippen molar-refractivity contribution in [2.24, 2.45) is 0 Å². The Morgan fingerprint density at radius 1 is 1.07 bits per heavy atom. The average molecular weight is 409 g/mol. The molecule has 0 radical (unpaired) electrons. The van der Waals surface area contributed by atoms with Crippen LogP contribution in [0.4, 0.5) is 0 Å². The van der Waals surface area contributed by atoms with Gasteiger partial charge in [-0.25, -0.2) is 0 Å². The van der Waals surface area contributed by atoms with Crippen molar-refractivity contribution in [1.29, 1.82) is 0 Å². The van der Waals surface area contributed by atoms with Gasteiger partial charge in [-0.3, -0.25) is 0 Å². The largest absolute Gasteiger partial charge is 0.612 e. The lowest BCUT2D eigenvalue weighted by molar-refractivity contribution is -0.377. The van der Waals surface area contributed by atoms with Crippen LogP contribution in [0.2, 0.25) is 5.02 Å². The van der Waals surface area contributed by atoms with Crippen LogP contribution in [0.5, 0.6) is 11.5 Å². The van der Waals surface area contributed by atoms with Crippen molar-refractivity contribution in [2.75, 3.05) is 0 Å². The Balaban J connectivity index is 1.56. The van der Waals surface area contributed by atoms with E-state index in [4.69, 9.17) is 20.8 Å². The first-order chi connectivity index (χ1) is 14.0. The molecule has 2 aromatic carbocycles. The normalized spacial score (nSPS) is 13.1. The Kier molecular flexibility index (Phi) is 5.01. The van der Waals surface area contributed by atoms with Crippen LogP contribution in [0.3, 0.4) is 0 Å². The van der Waals surface area contributed by atoms with E-state index in [1.165, 1.54) is 12.2 Å². The van der Waals surface area contributed by atoms with E-state index in [-0.39, 0.29) is 17.2 Å². The Morgan fingerprint density at radius 3 is 2.59 bits per heavy atom. The van der Waals surface area contributed by atoms with Gasteiger partial charge in [0.15, 0.2) is 11.5 Å². The summed E-state index contributed by atoms with van der Waals surface area (Å²) in [6, 6.07) is 12.6. The molecule has 1 N–H and O–H groups in total. The molecular weight excluding hydrogens is 394 g/mol. The monoisotopic (exact) mass is 408 g/mol. The second kappa shape index (κ2) is 7.77. The summed E-state index contributed by atoms with van der Waals surface area (Å²) in [6.07, 6.45) is 7.58. The fourth-order valence-corrected chi connectivity index (χ4v) is 3.12. The third kappa shape index (κ3) is 4.12. The van der Waals surface area contributed by atoms with Crippen molar-refractivity contribution < 1.29 is 19.2 Å². The molecule has 1 aliphatic carbocycles. The van der Waals surface area contributed by atoms with Crippen molar-refractivity contribution in [3.63, 3.8) is 0 Å². The molecule has 3 aromatic rings. The van der Waals surface area contributed by atoms with E-state index in [1.54, 1.807) is 42.5 Å². The highest BCUT2D eigenvalue weighted by atomic mass is 35.5. The number of rotatable bonds is 4. The molecule has 0 saturated heterocycles. The molecule has 0 bridgehead atoms. The molecule has 0 saturated carbocycles. The minimum atomic E-state index is -0.465. The van der Waals surface area contributed by atoms with Gasteiger partial charge in [0.1, 0.15) is 17.9 Å². The Hall–Kier alpha value is -3.64. The summed E-state index contributed by atoms with van der Waals surface area (Å²) in [6.45, 7) is 0.348. The highest BCUT2D eigenvalue weighted by Gasteiger charge is 2.13. The summed E-state index contributed by atoms with van der Waals surface area (Å²) in [7, 11) is 0. The van der Waals surface area contributed by atoms with Gasteiger partial charge in [-0.05, 0) is 53.6 Å². The van der Waals surface area contributed by atoms with Crippen LogP contribution in [0.25, 0.3) is 17.0 Å². The van der Waals surface area contributed by atoms with Crippen LogP contribution < -0.4 is 4.74 Å². The lowest BCUT2D eigenvalue weighted by atomic mass is 10.1. The number of aromatic hydroxyl groups is 1. The molecule has 1 aliphatic rings. The molecule has 0 unspecified atom stereocenters. The maximum Gasteiger partial charge on any atom is 0.222 e. The van der Waals surface area contributed by atoms with Gasteiger partial charge < -0.3 is 24.7 Å². The quantitative estimate of drug-likeness (QED) is 0.465. The first-order valence-corrected chi connectivity index (χ1v) is 9.09. The van der Waals surface area contributed by atoms with Crippen molar-refractivity contribution in [2.45, 2.75) is 6.61 Å². The van der Waals surface area contributed by atoms with Crippen LogP contribution in [-0.4, -0.2) is 15.7 Å². The maximum absolute atomic E-state index is 10.8. The standard InChI is InChI=1S/C22H15ClNO5/c23-16-3-1-2-15(10-16)13-28-18-8-9-19-20(12-18)29-21(22(19)25)11-14-4-6-17(7-5-14)24(26)27/h1-12H,13H2,(H-,25,26,27)/q-1. The lowest BCUT2D eigenvalue weighted by Crippen LogP contribution is -2.06. The second-order valence-corrected chi connectivity index (χ2v) is 6.82. The van der Waals surface area contributed by atoms with Gasteiger partial charge in [0.05, 0.1) is 5.39 Å². The van der Waals surface area contributed by atoms with Crippen LogP contribution in [0.1, 0.15) is 11.3 Å².